The molecule has 0 aromatic carbocycles. The van der Waals surface area contributed by atoms with Crippen molar-refractivity contribution >= 4 is 5.57 Å². The summed E-state index contributed by atoms with van der Waals surface area (Å²) >= 11 is 0. The van der Waals surface area contributed by atoms with Gasteiger partial charge in [0.2, 0.25) is 5.88 Å². The van der Waals surface area contributed by atoms with Crippen LogP contribution in [0.5, 0.6) is 11.6 Å². The molecule has 5 nitrogen and oxygen atoms in total. The molecule has 2 aromatic rings. The first-order valence-corrected chi connectivity index (χ1v) is 8.68. The number of hydrogen-bond acceptors (Lipinski definition) is 5. The number of methoxy groups -OCH3 is 1. The van der Waals surface area contributed by atoms with Crippen LogP contribution in [0.25, 0.3) is 5.57 Å². The summed E-state index contributed by atoms with van der Waals surface area (Å²) in [6.07, 6.45) is 7.10. The lowest BCUT2D eigenvalue weighted by Crippen LogP contribution is -2.00. The normalized spacial score (nSPS) is 12.4. The largest absolute Gasteiger partial charge is 0.496 e. The molecular weight excluding hydrogens is 352 g/mol. The maximum atomic E-state index is 12.9. The number of nitrogens with zero attached hydrogens (tertiary/aromatic N) is 3. The Morgan fingerprint density at radius 3 is 2.59 bits per heavy atom. The maximum Gasteiger partial charge on any atom is 0.280 e. The molecule has 0 spiro atoms. The second-order valence-electron chi connectivity index (χ2n) is 5.73. The van der Waals surface area contributed by atoms with Gasteiger partial charge in [-0.25, -0.2) is 18.7 Å². The molecule has 0 amide bonds. The monoisotopic (exact) mass is 375 g/mol. The van der Waals surface area contributed by atoms with Crippen molar-refractivity contribution in [2.24, 2.45) is 0 Å². The number of halogens is 2. The first-order valence-electron chi connectivity index (χ1n) is 8.68. The average Bonchev–Trinajstić information content (AvgIpc) is 2.66. The van der Waals surface area contributed by atoms with E-state index in [0.29, 0.717) is 34.9 Å². The maximum absolute atomic E-state index is 12.9. The standard InChI is InChI=1S/C20H23F2N3O2/c1-5-7-8-17(26-4)15(6-2)16-11-23-12-25-20(16)27-14-9-13(3)18(19(21)22)24-10-14/h7-12,19H,5-6H2,1-4H3/b8-7-,17-15-. The van der Waals surface area contributed by atoms with E-state index in [1.54, 1.807) is 20.2 Å². The molecule has 27 heavy (non-hydrogen) atoms. The highest BCUT2D eigenvalue weighted by Crippen LogP contribution is 2.33. The van der Waals surface area contributed by atoms with Crippen LogP contribution >= 0.6 is 0 Å². The van der Waals surface area contributed by atoms with Crippen molar-refractivity contribution in [1.82, 2.24) is 15.0 Å². The summed E-state index contributed by atoms with van der Waals surface area (Å²) in [7, 11) is 1.60. The Kier molecular flexibility index (Phi) is 7.40. The van der Waals surface area contributed by atoms with Crippen LogP contribution in [0.2, 0.25) is 0 Å². The summed E-state index contributed by atoms with van der Waals surface area (Å²) in [5.41, 5.74) is 1.65. The van der Waals surface area contributed by atoms with Gasteiger partial charge in [0.15, 0.2) is 0 Å². The van der Waals surface area contributed by atoms with E-state index in [0.717, 1.165) is 12.0 Å². The molecule has 0 unspecified atom stereocenters. The van der Waals surface area contributed by atoms with Crippen LogP contribution in [-0.2, 0) is 4.74 Å². The second-order valence-corrected chi connectivity index (χ2v) is 5.73. The third-order valence-electron chi connectivity index (χ3n) is 3.89. The first kappa shape index (κ1) is 20.5. The Balaban J connectivity index is 2.44. The molecule has 2 rings (SSSR count). The number of allylic oxidation sites excluding steroid dienone is 3. The second kappa shape index (κ2) is 9.75. The summed E-state index contributed by atoms with van der Waals surface area (Å²) in [5, 5.41) is 0. The molecular formula is C20H23F2N3O2. The van der Waals surface area contributed by atoms with Gasteiger partial charge in [-0.15, -0.1) is 0 Å². The van der Waals surface area contributed by atoms with Crippen molar-refractivity contribution in [3.05, 3.63) is 59.5 Å². The van der Waals surface area contributed by atoms with E-state index >= 15 is 0 Å². The summed E-state index contributed by atoms with van der Waals surface area (Å²) in [5.74, 6) is 1.34. The fraction of sp³-hybridized carbons (Fsp3) is 0.350. The number of pyridine rings is 1. The summed E-state index contributed by atoms with van der Waals surface area (Å²) in [6, 6.07) is 1.52. The Labute approximate surface area is 157 Å². The molecule has 2 aromatic heterocycles. The molecule has 0 N–H and O–H groups in total. The van der Waals surface area contributed by atoms with Gasteiger partial charge in [-0.1, -0.05) is 19.9 Å². The average molecular weight is 375 g/mol. The number of ether oxygens (including phenoxy) is 2. The lowest BCUT2D eigenvalue weighted by atomic mass is 10.0. The molecule has 0 bridgehead atoms. The van der Waals surface area contributed by atoms with E-state index < -0.39 is 6.43 Å². The zero-order valence-electron chi connectivity index (χ0n) is 15.9. The van der Waals surface area contributed by atoms with Crippen LogP contribution in [0, 0.1) is 6.92 Å². The number of rotatable bonds is 8. The van der Waals surface area contributed by atoms with Gasteiger partial charge in [-0.05, 0) is 37.5 Å². The molecule has 0 saturated carbocycles. The molecule has 0 radical (unpaired) electrons. The van der Waals surface area contributed by atoms with Crippen molar-refractivity contribution in [1.29, 1.82) is 0 Å². The minimum absolute atomic E-state index is 0.259. The van der Waals surface area contributed by atoms with Gasteiger partial charge >= 0.3 is 0 Å². The van der Waals surface area contributed by atoms with E-state index in [9.17, 15) is 8.78 Å². The van der Waals surface area contributed by atoms with Crippen LogP contribution in [0.1, 0.15) is 49.9 Å². The molecule has 0 saturated heterocycles. The third-order valence-corrected chi connectivity index (χ3v) is 3.89. The number of hydrogen-bond donors (Lipinski definition) is 0. The molecule has 0 aliphatic carbocycles. The zero-order chi connectivity index (χ0) is 19.8. The fourth-order valence-electron chi connectivity index (χ4n) is 2.58. The third kappa shape index (κ3) is 5.09. The summed E-state index contributed by atoms with van der Waals surface area (Å²) in [6.45, 7) is 5.60. The van der Waals surface area contributed by atoms with Gasteiger partial charge in [0, 0.05) is 11.8 Å². The van der Waals surface area contributed by atoms with Gasteiger partial charge in [0.25, 0.3) is 6.43 Å². The highest BCUT2D eigenvalue weighted by molar-refractivity contribution is 5.72. The van der Waals surface area contributed by atoms with Crippen molar-refractivity contribution < 1.29 is 18.3 Å². The molecule has 0 atom stereocenters. The molecule has 7 heteroatoms. The Morgan fingerprint density at radius 1 is 1.22 bits per heavy atom. The molecule has 0 aliphatic rings. The lowest BCUT2D eigenvalue weighted by Gasteiger charge is -2.14. The van der Waals surface area contributed by atoms with Crippen molar-refractivity contribution in [3.8, 4) is 11.6 Å². The molecule has 2 heterocycles. The Hall–Kier alpha value is -2.83. The van der Waals surface area contributed by atoms with Crippen molar-refractivity contribution in [2.45, 2.75) is 40.0 Å². The van der Waals surface area contributed by atoms with Gasteiger partial charge in [0.1, 0.15) is 23.5 Å². The zero-order valence-corrected chi connectivity index (χ0v) is 15.9. The quantitative estimate of drug-likeness (QED) is 0.441. The number of alkyl halides is 2. The smallest absolute Gasteiger partial charge is 0.280 e. The van der Waals surface area contributed by atoms with Crippen LogP contribution in [0.15, 0.2) is 42.7 Å². The number of aromatic nitrogens is 3. The van der Waals surface area contributed by atoms with E-state index in [1.807, 2.05) is 26.0 Å². The highest BCUT2D eigenvalue weighted by atomic mass is 19.3. The van der Waals surface area contributed by atoms with Crippen LogP contribution in [0.3, 0.4) is 0 Å². The minimum atomic E-state index is -2.63. The molecule has 0 aliphatic heterocycles. The SMILES string of the molecule is CC/C=C\C(OC)=C(/CC)c1cncnc1Oc1cnc(C(F)F)c(C)c1. The Morgan fingerprint density at radius 2 is 2.00 bits per heavy atom. The molecule has 144 valence electrons. The van der Waals surface area contributed by atoms with Gasteiger partial charge in [0.05, 0.1) is 18.9 Å². The molecule has 0 fully saturated rings. The highest BCUT2D eigenvalue weighted by Gasteiger charge is 2.17. The fourth-order valence-corrected chi connectivity index (χ4v) is 2.58. The van der Waals surface area contributed by atoms with Crippen molar-refractivity contribution in [3.63, 3.8) is 0 Å². The van der Waals surface area contributed by atoms with E-state index in [-0.39, 0.29) is 5.69 Å². The predicted molar refractivity (Wildman–Crippen MR) is 99.7 cm³/mol. The Bertz CT molecular complexity index is 836. The predicted octanol–water partition coefficient (Wildman–Crippen LogP) is 5.64. The minimum Gasteiger partial charge on any atom is -0.496 e. The van der Waals surface area contributed by atoms with Crippen LogP contribution in [0.4, 0.5) is 8.78 Å². The van der Waals surface area contributed by atoms with E-state index in [4.69, 9.17) is 9.47 Å². The van der Waals surface area contributed by atoms with Gasteiger partial charge < -0.3 is 9.47 Å². The van der Waals surface area contributed by atoms with Crippen LogP contribution in [-0.4, -0.2) is 22.1 Å². The van der Waals surface area contributed by atoms with E-state index in [2.05, 4.69) is 15.0 Å². The topological polar surface area (TPSA) is 57.1 Å². The van der Waals surface area contributed by atoms with Crippen LogP contribution < -0.4 is 4.74 Å². The van der Waals surface area contributed by atoms with Gasteiger partial charge in [-0.3, -0.25) is 4.98 Å². The van der Waals surface area contributed by atoms with Crippen molar-refractivity contribution in [2.75, 3.05) is 7.11 Å². The van der Waals surface area contributed by atoms with Gasteiger partial charge in [-0.2, -0.15) is 0 Å². The van der Waals surface area contributed by atoms with E-state index in [1.165, 1.54) is 18.6 Å². The first-order chi connectivity index (χ1) is 13.0. The number of aryl methyl sites for hydroxylation is 1. The lowest BCUT2D eigenvalue weighted by molar-refractivity contribution is 0.145. The summed E-state index contributed by atoms with van der Waals surface area (Å²) in [4.78, 5) is 12.1. The summed E-state index contributed by atoms with van der Waals surface area (Å²) < 4.78 is 37.1.